The highest BCUT2D eigenvalue weighted by molar-refractivity contribution is 14.1. The molecule has 6 heteroatoms. The van der Waals surface area contributed by atoms with Crippen LogP contribution in [-0.4, -0.2) is 22.3 Å². The second kappa shape index (κ2) is 3.30. The molecular weight excluding hydrogens is 304 g/mol. The Bertz CT molecular complexity index is 456. The Morgan fingerprint density at radius 2 is 2.38 bits per heavy atom. The van der Waals surface area contributed by atoms with E-state index in [4.69, 9.17) is 16.3 Å². The highest BCUT2D eigenvalue weighted by atomic mass is 127. The average Bonchev–Trinajstić information content (AvgIpc) is 2.46. The summed E-state index contributed by atoms with van der Waals surface area (Å²) in [6, 6.07) is 1.67. The lowest BCUT2D eigenvalue weighted by Crippen LogP contribution is -1.87. The number of nitrogens with zero attached hydrogens (tertiary/aromatic N) is 2. The molecule has 0 aromatic carbocycles. The summed E-state index contributed by atoms with van der Waals surface area (Å²) in [5.74, 6) is 0.688. The van der Waals surface area contributed by atoms with E-state index >= 15 is 0 Å². The Balaban J connectivity index is 2.85. The summed E-state index contributed by atoms with van der Waals surface area (Å²) in [6.07, 6.45) is 0. The van der Waals surface area contributed by atoms with Gasteiger partial charge in [0.05, 0.1) is 12.5 Å². The lowest BCUT2D eigenvalue weighted by Gasteiger charge is -2.00. The predicted octanol–water partition coefficient (Wildman–Crippen LogP) is 2.22. The van der Waals surface area contributed by atoms with Crippen LogP contribution in [0.4, 0.5) is 0 Å². The molecular formula is C7H5ClIN3O. The maximum absolute atomic E-state index is 5.77. The minimum atomic E-state index is 0.393. The molecule has 0 bridgehead atoms. The smallest absolute Gasteiger partial charge is 0.161 e. The summed E-state index contributed by atoms with van der Waals surface area (Å²) in [6.45, 7) is 0. The molecule has 2 aromatic heterocycles. The third-order valence-corrected chi connectivity index (χ3v) is 2.61. The van der Waals surface area contributed by atoms with Gasteiger partial charge in [0, 0.05) is 6.07 Å². The topological polar surface area (TPSA) is 50.8 Å². The summed E-state index contributed by atoms with van der Waals surface area (Å²) in [5.41, 5.74) is 0.647. The van der Waals surface area contributed by atoms with Gasteiger partial charge in [-0.15, -0.1) is 0 Å². The highest BCUT2D eigenvalue weighted by Gasteiger charge is 2.11. The fourth-order valence-electron chi connectivity index (χ4n) is 1.09. The highest BCUT2D eigenvalue weighted by Crippen LogP contribution is 2.29. The van der Waals surface area contributed by atoms with Crippen LogP contribution < -0.4 is 4.74 Å². The van der Waals surface area contributed by atoms with Gasteiger partial charge in [-0.3, -0.25) is 5.10 Å². The van der Waals surface area contributed by atoms with E-state index in [1.807, 2.05) is 0 Å². The van der Waals surface area contributed by atoms with E-state index in [0.717, 1.165) is 9.09 Å². The van der Waals surface area contributed by atoms with Crippen LogP contribution in [0.5, 0.6) is 5.75 Å². The normalized spacial score (nSPS) is 10.7. The van der Waals surface area contributed by atoms with Gasteiger partial charge in [-0.2, -0.15) is 5.10 Å². The number of aromatic amines is 1. The summed E-state index contributed by atoms with van der Waals surface area (Å²) < 4.78 is 5.99. The maximum atomic E-state index is 5.77. The summed E-state index contributed by atoms with van der Waals surface area (Å²) in [4.78, 5) is 4.07. The van der Waals surface area contributed by atoms with Crippen molar-refractivity contribution in [3.05, 3.63) is 14.9 Å². The first kappa shape index (κ1) is 9.01. The van der Waals surface area contributed by atoms with E-state index in [-0.39, 0.29) is 0 Å². The van der Waals surface area contributed by atoms with E-state index < -0.39 is 0 Å². The van der Waals surface area contributed by atoms with Gasteiger partial charge in [0.15, 0.2) is 5.65 Å². The molecule has 2 rings (SSSR count). The first-order chi connectivity index (χ1) is 6.22. The Morgan fingerprint density at radius 1 is 1.62 bits per heavy atom. The molecule has 0 atom stereocenters. The van der Waals surface area contributed by atoms with Gasteiger partial charge < -0.3 is 4.74 Å². The van der Waals surface area contributed by atoms with Crippen molar-refractivity contribution in [2.24, 2.45) is 0 Å². The first-order valence-corrected chi connectivity index (χ1v) is 4.92. The molecule has 0 radical (unpaired) electrons. The van der Waals surface area contributed by atoms with E-state index in [9.17, 15) is 0 Å². The molecule has 0 aliphatic rings. The van der Waals surface area contributed by atoms with Gasteiger partial charge in [-0.1, -0.05) is 11.6 Å². The number of H-pyrrole nitrogens is 1. The zero-order valence-corrected chi connectivity index (χ0v) is 9.55. The Kier molecular flexibility index (Phi) is 2.29. The van der Waals surface area contributed by atoms with E-state index in [0.29, 0.717) is 16.5 Å². The van der Waals surface area contributed by atoms with Gasteiger partial charge >= 0.3 is 0 Å². The van der Waals surface area contributed by atoms with Crippen LogP contribution in [0.15, 0.2) is 6.07 Å². The zero-order chi connectivity index (χ0) is 9.42. The summed E-state index contributed by atoms with van der Waals surface area (Å²) >= 11 is 7.88. The van der Waals surface area contributed by atoms with E-state index in [2.05, 4.69) is 37.8 Å². The molecule has 0 unspecified atom stereocenters. The number of hydrogen-bond donors (Lipinski definition) is 1. The number of nitrogens with one attached hydrogen (secondary N) is 1. The standard InChI is InChI=1S/C7H5ClIN3O/c1-13-3-2-4(8)10-7-5(3)6(9)11-12-7/h2H,1H3,(H,10,11,12). The fraction of sp³-hybridized carbons (Fsp3) is 0.143. The summed E-state index contributed by atoms with van der Waals surface area (Å²) in [7, 11) is 1.59. The molecule has 0 aliphatic carbocycles. The van der Waals surface area contributed by atoms with Crippen molar-refractivity contribution in [1.82, 2.24) is 15.2 Å². The number of halogens is 2. The van der Waals surface area contributed by atoms with Gasteiger partial charge in [0.25, 0.3) is 0 Å². The van der Waals surface area contributed by atoms with E-state index in [1.165, 1.54) is 0 Å². The van der Waals surface area contributed by atoms with Crippen LogP contribution in [0.1, 0.15) is 0 Å². The lowest BCUT2D eigenvalue weighted by atomic mass is 10.3. The monoisotopic (exact) mass is 309 g/mol. The second-order valence-electron chi connectivity index (χ2n) is 2.39. The van der Waals surface area contributed by atoms with Crippen LogP contribution in [0, 0.1) is 3.70 Å². The van der Waals surface area contributed by atoms with E-state index in [1.54, 1.807) is 13.2 Å². The molecule has 13 heavy (non-hydrogen) atoms. The second-order valence-corrected chi connectivity index (χ2v) is 3.79. The number of aromatic nitrogens is 3. The van der Waals surface area contributed by atoms with Gasteiger partial charge in [0.2, 0.25) is 0 Å². The number of pyridine rings is 1. The molecule has 2 aromatic rings. The minimum Gasteiger partial charge on any atom is -0.496 e. The molecule has 0 saturated heterocycles. The molecule has 0 spiro atoms. The third kappa shape index (κ3) is 1.46. The number of hydrogen-bond acceptors (Lipinski definition) is 3. The molecule has 2 heterocycles. The Hall–Kier alpha value is -0.560. The quantitative estimate of drug-likeness (QED) is 0.649. The molecule has 1 N–H and O–H groups in total. The van der Waals surface area contributed by atoms with Gasteiger partial charge in [-0.25, -0.2) is 4.98 Å². The molecule has 0 saturated carbocycles. The van der Waals surface area contributed by atoms with Gasteiger partial charge in [0.1, 0.15) is 14.6 Å². The lowest BCUT2D eigenvalue weighted by molar-refractivity contribution is 0.419. The van der Waals surface area contributed by atoms with Crippen molar-refractivity contribution in [2.75, 3.05) is 7.11 Å². The number of methoxy groups -OCH3 is 1. The minimum absolute atomic E-state index is 0.393. The molecule has 0 fully saturated rings. The Labute approximate surface area is 92.8 Å². The van der Waals surface area contributed by atoms with Crippen molar-refractivity contribution in [3.63, 3.8) is 0 Å². The van der Waals surface area contributed by atoms with Crippen molar-refractivity contribution in [3.8, 4) is 5.75 Å². The molecule has 0 aliphatic heterocycles. The fourth-order valence-corrected chi connectivity index (χ4v) is 1.92. The Morgan fingerprint density at radius 3 is 3.08 bits per heavy atom. The van der Waals surface area contributed by atoms with Crippen LogP contribution in [0.25, 0.3) is 11.0 Å². The van der Waals surface area contributed by atoms with Crippen molar-refractivity contribution in [1.29, 1.82) is 0 Å². The third-order valence-electron chi connectivity index (χ3n) is 1.64. The summed E-state index contributed by atoms with van der Waals surface area (Å²) in [5, 5.41) is 8.04. The molecule has 0 amide bonds. The van der Waals surface area contributed by atoms with Crippen LogP contribution in [0.3, 0.4) is 0 Å². The number of rotatable bonds is 1. The average molecular weight is 309 g/mol. The van der Waals surface area contributed by atoms with Crippen LogP contribution in [-0.2, 0) is 0 Å². The number of fused-ring (bicyclic) bond motifs is 1. The zero-order valence-electron chi connectivity index (χ0n) is 6.64. The molecule has 68 valence electrons. The van der Waals surface area contributed by atoms with Gasteiger partial charge in [-0.05, 0) is 22.6 Å². The first-order valence-electron chi connectivity index (χ1n) is 3.46. The van der Waals surface area contributed by atoms with Crippen molar-refractivity contribution in [2.45, 2.75) is 0 Å². The van der Waals surface area contributed by atoms with Crippen LogP contribution >= 0.6 is 34.2 Å². The predicted molar refractivity (Wildman–Crippen MR) is 58.2 cm³/mol. The number of ether oxygens (including phenoxy) is 1. The molecule has 4 nitrogen and oxygen atoms in total. The largest absolute Gasteiger partial charge is 0.496 e. The van der Waals surface area contributed by atoms with Crippen LogP contribution in [0.2, 0.25) is 5.15 Å². The van der Waals surface area contributed by atoms with Crippen molar-refractivity contribution >= 4 is 45.2 Å². The van der Waals surface area contributed by atoms with Crippen molar-refractivity contribution < 1.29 is 4.74 Å². The SMILES string of the molecule is COc1cc(Cl)nc2[nH]nc(I)c12. The maximum Gasteiger partial charge on any atom is 0.161 e.